The van der Waals surface area contributed by atoms with E-state index < -0.39 is 0 Å². The molecule has 2 amide bonds. The largest absolute Gasteiger partial charge is 0.372 e. The molecule has 5 nitrogen and oxygen atoms in total. The zero-order valence-corrected chi connectivity index (χ0v) is 21.4. The van der Waals surface area contributed by atoms with Gasteiger partial charge in [0, 0.05) is 24.5 Å². The number of hydrogen-bond acceptors (Lipinski definition) is 4. The highest BCUT2D eigenvalue weighted by molar-refractivity contribution is 6.46. The highest BCUT2D eigenvalue weighted by atomic mass is 16.2. The SMILES string of the molecule is CCN(CC)c1ccc(NC2=C(c3ccc(C)cc3C)C(=O)N(c3ccc(C)c(C)c3)C2=O)cc1. The van der Waals surface area contributed by atoms with Crippen molar-refractivity contribution in [1.82, 2.24) is 0 Å². The molecule has 3 aromatic carbocycles. The molecule has 0 saturated heterocycles. The van der Waals surface area contributed by atoms with E-state index in [-0.39, 0.29) is 11.8 Å². The molecular weight excluding hydrogens is 434 g/mol. The quantitative estimate of drug-likeness (QED) is 0.423. The number of hydrogen-bond donors (Lipinski definition) is 1. The molecule has 35 heavy (non-hydrogen) atoms. The first-order valence-corrected chi connectivity index (χ1v) is 12.1. The molecular formula is C30H33N3O2. The predicted octanol–water partition coefficient (Wildman–Crippen LogP) is 6.16. The van der Waals surface area contributed by atoms with Crippen molar-refractivity contribution >= 4 is 34.4 Å². The highest BCUT2D eigenvalue weighted by Crippen LogP contribution is 2.36. The van der Waals surface area contributed by atoms with Crippen molar-refractivity contribution in [2.24, 2.45) is 0 Å². The van der Waals surface area contributed by atoms with Crippen LogP contribution in [0, 0.1) is 27.7 Å². The van der Waals surface area contributed by atoms with Gasteiger partial charge in [-0.05, 0) is 100 Å². The van der Waals surface area contributed by atoms with Gasteiger partial charge in [0.25, 0.3) is 11.8 Å². The van der Waals surface area contributed by atoms with Gasteiger partial charge in [0.05, 0.1) is 11.3 Å². The fourth-order valence-corrected chi connectivity index (χ4v) is 4.58. The number of imide groups is 1. The van der Waals surface area contributed by atoms with Gasteiger partial charge in [-0.1, -0.05) is 29.8 Å². The van der Waals surface area contributed by atoms with Crippen molar-refractivity contribution < 1.29 is 9.59 Å². The zero-order valence-electron chi connectivity index (χ0n) is 21.4. The molecule has 0 spiro atoms. The standard InChI is InChI=1S/C30H33N3O2/c1-7-32(8-2)24-14-11-23(12-15-24)31-28-27(26-16-9-19(3)17-22(26)6)29(34)33(30(28)35)25-13-10-20(4)21(5)18-25/h9-18,31H,7-8H2,1-6H3. The van der Waals surface area contributed by atoms with Crippen LogP contribution < -0.4 is 15.1 Å². The summed E-state index contributed by atoms with van der Waals surface area (Å²) in [5, 5.41) is 3.29. The minimum atomic E-state index is -0.346. The molecule has 5 heteroatoms. The Hall–Kier alpha value is -3.86. The van der Waals surface area contributed by atoms with Gasteiger partial charge in [-0.25, -0.2) is 4.90 Å². The van der Waals surface area contributed by atoms with Crippen LogP contribution in [0.5, 0.6) is 0 Å². The molecule has 1 aliphatic heterocycles. The Morgan fingerprint density at radius 1 is 0.743 bits per heavy atom. The third-order valence-electron chi connectivity index (χ3n) is 6.75. The number of anilines is 3. The minimum Gasteiger partial charge on any atom is -0.372 e. The Morgan fingerprint density at radius 3 is 2.03 bits per heavy atom. The van der Waals surface area contributed by atoms with E-state index in [9.17, 15) is 9.59 Å². The van der Waals surface area contributed by atoms with Crippen LogP contribution in [0.15, 0.2) is 66.4 Å². The smallest absolute Gasteiger partial charge is 0.282 e. The summed E-state index contributed by atoms with van der Waals surface area (Å²) in [5.74, 6) is -0.659. The van der Waals surface area contributed by atoms with Crippen molar-refractivity contribution in [2.75, 3.05) is 28.2 Å². The molecule has 0 atom stereocenters. The third-order valence-corrected chi connectivity index (χ3v) is 6.75. The van der Waals surface area contributed by atoms with Crippen molar-refractivity contribution in [2.45, 2.75) is 41.5 Å². The number of nitrogens with zero attached hydrogens (tertiary/aromatic N) is 2. The van der Waals surface area contributed by atoms with Gasteiger partial charge in [-0.2, -0.15) is 0 Å². The van der Waals surface area contributed by atoms with E-state index in [1.165, 1.54) is 4.90 Å². The first kappa shape index (κ1) is 24.3. The number of benzene rings is 3. The Bertz CT molecular complexity index is 1320. The molecule has 1 heterocycles. The lowest BCUT2D eigenvalue weighted by molar-refractivity contribution is -0.120. The Balaban J connectivity index is 1.79. The highest BCUT2D eigenvalue weighted by Gasteiger charge is 2.40. The van der Waals surface area contributed by atoms with Gasteiger partial charge < -0.3 is 10.2 Å². The molecule has 0 aliphatic carbocycles. The van der Waals surface area contributed by atoms with Crippen molar-refractivity contribution in [3.05, 3.63) is 94.2 Å². The minimum absolute atomic E-state index is 0.302. The first-order chi connectivity index (χ1) is 16.7. The van der Waals surface area contributed by atoms with Crippen molar-refractivity contribution in [1.29, 1.82) is 0 Å². The summed E-state index contributed by atoms with van der Waals surface area (Å²) in [6.07, 6.45) is 0. The van der Waals surface area contributed by atoms with Crippen LogP contribution in [-0.4, -0.2) is 24.9 Å². The van der Waals surface area contributed by atoms with Crippen LogP contribution in [0.2, 0.25) is 0 Å². The average Bonchev–Trinajstić information content (AvgIpc) is 3.07. The van der Waals surface area contributed by atoms with E-state index in [1.54, 1.807) is 0 Å². The molecule has 180 valence electrons. The maximum absolute atomic E-state index is 13.8. The monoisotopic (exact) mass is 467 g/mol. The van der Waals surface area contributed by atoms with E-state index >= 15 is 0 Å². The van der Waals surface area contributed by atoms with Gasteiger partial charge in [0.15, 0.2) is 0 Å². The summed E-state index contributed by atoms with van der Waals surface area (Å²) < 4.78 is 0. The molecule has 0 radical (unpaired) electrons. The number of carbonyl (C=O) groups excluding carboxylic acids is 2. The summed E-state index contributed by atoms with van der Waals surface area (Å²) in [6.45, 7) is 14.1. The summed E-state index contributed by atoms with van der Waals surface area (Å²) in [4.78, 5) is 31.0. The third kappa shape index (κ3) is 4.59. The fraction of sp³-hybridized carbons (Fsp3) is 0.267. The van der Waals surface area contributed by atoms with Crippen molar-refractivity contribution in [3.63, 3.8) is 0 Å². The number of carbonyl (C=O) groups is 2. The summed E-state index contributed by atoms with van der Waals surface area (Å²) >= 11 is 0. The average molecular weight is 468 g/mol. The summed E-state index contributed by atoms with van der Waals surface area (Å²) in [7, 11) is 0. The Kier molecular flexibility index (Phi) is 6.79. The molecule has 0 unspecified atom stereocenters. The van der Waals surface area contributed by atoms with E-state index in [0.29, 0.717) is 17.0 Å². The maximum atomic E-state index is 13.8. The number of aryl methyl sites for hydroxylation is 4. The Morgan fingerprint density at radius 2 is 1.43 bits per heavy atom. The molecule has 0 aromatic heterocycles. The van der Waals surface area contributed by atoms with Gasteiger partial charge in [-0.3, -0.25) is 9.59 Å². The second-order valence-corrected chi connectivity index (χ2v) is 9.13. The topological polar surface area (TPSA) is 52.7 Å². The van der Waals surface area contributed by atoms with Crippen LogP contribution in [0.4, 0.5) is 17.1 Å². The Labute approximate surface area is 208 Å². The van der Waals surface area contributed by atoms with Crippen LogP contribution in [0.3, 0.4) is 0 Å². The molecule has 0 bridgehead atoms. The normalized spacial score (nSPS) is 13.6. The summed E-state index contributed by atoms with van der Waals surface area (Å²) in [5.41, 5.74) is 8.15. The second kappa shape index (κ2) is 9.79. The lowest BCUT2D eigenvalue weighted by Crippen LogP contribution is -2.32. The molecule has 1 N–H and O–H groups in total. The predicted molar refractivity (Wildman–Crippen MR) is 145 cm³/mol. The van der Waals surface area contributed by atoms with Crippen LogP contribution in [-0.2, 0) is 9.59 Å². The van der Waals surface area contributed by atoms with Crippen LogP contribution in [0.25, 0.3) is 5.57 Å². The van der Waals surface area contributed by atoms with E-state index in [0.717, 1.165) is 52.3 Å². The number of amides is 2. The molecule has 1 aliphatic rings. The first-order valence-electron chi connectivity index (χ1n) is 12.1. The maximum Gasteiger partial charge on any atom is 0.282 e. The fourth-order valence-electron chi connectivity index (χ4n) is 4.58. The van der Waals surface area contributed by atoms with Crippen LogP contribution >= 0.6 is 0 Å². The molecule has 4 rings (SSSR count). The summed E-state index contributed by atoms with van der Waals surface area (Å²) in [6, 6.07) is 19.6. The van der Waals surface area contributed by atoms with Gasteiger partial charge >= 0.3 is 0 Å². The molecule has 3 aromatic rings. The second-order valence-electron chi connectivity index (χ2n) is 9.13. The van der Waals surface area contributed by atoms with E-state index in [4.69, 9.17) is 0 Å². The number of nitrogens with one attached hydrogen (secondary N) is 1. The van der Waals surface area contributed by atoms with Crippen LogP contribution in [0.1, 0.15) is 41.7 Å². The zero-order chi connectivity index (χ0) is 25.3. The molecule has 0 saturated carbocycles. The van der Waals surface area contributed by atoms with E-state index in [1.807, 2.05) is 88.4 Å². The lowest BCUT2D eigenvalue weighted by Gasteiger charge is -2.21. The van der Waals surface area contributed by atoms with Gasteiger partial charge in [-0.15, -0.1) is 0 Å². The lowest BCUT2D eigenvalue weighted by atomic mass is 9.97. The van der Waals surface area contributed by atoms with Crippen molar-refractivity contribution in [3.8, 4) is 0 Å². The van der Waals surface area contributed by atoms with E-state index in [2.05, 4.69) is 24.1 Å². The number of rotatable bonds is 7. The van der Waals surface area contributed by atoms with Gasteiger partial charge in [0.1, 0.15) is 5.70 Å². The van der Waals surface area contributed by atoms with Gasteiger partial charge in [0.2, 0.25) is 0 Å². The molecule has 0 fully saturated rings.